The SMILES string of the molecule is COc1ccc(CCNCC(O)COc2ccc(Cl)cc2Cl)cc1OC.O=C(O)Cc1ccccc1.O=C(O)Cc1ccccc1. The maximum absolute atomic E-state index is 10.2. The molecule has 0 bridgehead atoms. The van der Waals surface area contributed by atoms with Crippen LogP contribution in [-0.4, -0.2) is 67.3 Å². The van der Waals surface area contributed by atoms with Gasteiger partial charge in [0.05, 0.1) is 32.1 Å². The molecule has 0 fully saturated rings. The van der Waals surface area contributed by atoms with E-state index in [2.05, 4.69) is 5.32 Å². The maximum Gasteiger partial charge on any atom is 0.307 e. The molecule has 0 aliphatic rings. The molecule has 0 spiro atoms. The average molecular weight is 673 g/mol. The van der Waals surface area contributed by atoms with Crippen molar-refractivity contribution in [3.05, 3.63) is 124 Å². The molecule has 0 saturated carbocycles. The summed E-state index contributed by atoms with van der Waals surface area (Å²) in [5.74, 6) is 0.341. The van der Waals surface area contributed by atoms with Crippen molar-refractivity contribution in [3.63, 3.8) is 0 Å². The van der Waals surface area contributed by atoms with Gasteiger partial charge in [0.25, 0.3) is 0 Å². The second kappa shape index (κ2) is 21.5. The smallest absolute Gasteiger partial charge is 0.307 e. The lowest BCUT2D eigenvalue weighted by Gasteiger charge is -2.14. The molecule has 46 heavy (non-hydrogen) atoms. The highest BCUT2D eigenvalue weighted by atomic mass is 35.5. The van der Waals surface area contributed by atoms with Crippen LogP contribution in [0.25, 0.3) is 0 Å². The number of carbonyl (C=O) groups is 2. The Hall–Kier alpha value is -4.28. The Kier molecular flexibility index (Phi) is 17.7. The van der Waals surface area contributed by atoms with Crippen LogP contribution in [0.4, 0.5) is 0 Å². The Labute approximate surface area is 279 Å². The first kappa shape index (κ1) is 37.9. The molecular weight excluding hydrogens is 633 g/mol. The van der Waals surface area contributed by atoms with Crippen LogP contribution in [-0.2, 0) is 28.9 Å². The van der Waals surface area contributed by atoms with Gasteiger partial charge in [-0.3, -0.25) is 9.59 Å². The summed E-state index contributed by atoms with van der Waals surface area (Å²) in [5.41, 5.74) is 2.80. The third-order valence-corrected chi connectivity index (χ3v) is 6.67. The van der Waals surface area contributed by atoms with Gasteiger partial charge in [0.1, 0.15) is 18.5 Å². The van der Waals surface area contributed by atoms with Gasteiger partial charge in [-0.25, -0.2) is 0 Å². The number of hydrogen-bond acceptors (Lipinski definition) is 7. The van der Waals surface area contributed by atoms with Crippen LogP contribution in [0.3, 0.4) is 0 Å². The van der Waals surface area contributed by atoms with Crippen LogP contribution >= 0.6 is 23.2 Å². The third kappa shape index (κ3) is 15.6. The van der Waals surface area contributed by atoms with Gasteiger partial charge in [0.2, 0.25) is 0 Å². The quantitative estimate of drug-likeness (QED) is 0.115. The van der Waals surface area contributed by atoms with Crippen LogP contribution in [0.1, 0.15) is 16.7 Å². The van der Waals surface area contributed by atoms with Crippen molar-refractivity contribution in [3.8, 4) is 17.2 Å². The number of halogens is 2. The minimum Gasteiger partial charge on any atom is -0.493 e. The summed E-state index contributed by atoms with van der Waals surface area (Å²) in [4.78, 5) is 20.3. The molecule has 0 saturated heterocycles. The molecule has 4 rings (SSSR count). The van der Waals surface area contributed by atoms with Crippen LogP contribution in [0, 0.1) is 0 Å². The first-order valence-corrected chi connectivity index (χ1v) is 15.1. The minimum atomic E-state index is -0.786. The number of ether oxygens (including phenoxy) is 3. The number of aliphatic carboxylic acids is 2. The Bertz CT molecular complexity index is 1420. The van der Waals surface area contributed by atoms with Gasteiger partial charge in [0.15, 0.2) is 11.5 Å². The second-order valence-electron chi connectivity index (χ2n) is 9.80. The lowest BCUT2D eigenvalue weighted by Crippen LogP contribution is -2.32. The van der Waals surface area contributed by atoms with Crippen molar-refractivity contribution in [1.29, 1.82) is 0 Å². The van der Waals surface area contributed by atoms with E-state index in [1.54, 1.807) is 56.7 Å². The molecule has 0 aliphatic carbocycles. The standard InChI is InChI=1S/C19H23Cl2NO4.2C8H8O2/c1-24-18-5-3-13(9-19(18)25-2)7-8-22-11-15(23)12-26-17-6-4-14(20)10-16(17)21;2*9-8(10)6-7-4-2-1-3-5-7/h3-6,9-10,15,22-23H,7-8,11-12H2,1-2H3;2*1-5H,6H2,(H,9,10). The molecule has 1 unspecified atom stereocenters. The van der Waals surface area contributed by atoms with Crippen LogP contribution in [0.15, 0.2) is 97.1 Å². The second-order valence-corrected chi connectivity index (χ2v) is 10.6. The van der Waals surface area contributed by atoms with E-state index < -0.39 is 18.0 Å². The molecule has 11 heteroatoms. The summed E-state index contributed by atoms with van der Waals surface area (Å²) in [6.45, 7) is 1.28. The fourth-order valence-corrected chi connectivity index (χ4v) is 4.38. The summed E-state index contributed by atoms with van der Waals surface area (Å²) in [5, 5.41) is 30.9. The van der Waals surface area contributed by atoms with Crippen molar-refractivity contribution in [2.45, 2.75) is 25.4 Å². The molecule has 4 aromatic rings. The molecule has 0 radical (unpaired) electrons. The van der Waals surface area contributed by atoms with Gasteiger partial charge >= 0.3 is 11.9 Å². The molecule has 4 N–H and O–H groups in total. The number of carboxylic acid groups (broad SMARTS) is 2. The molecular formula is C35H39Cl2NO8. The van der Waals surface area contributed by atoms with Crippen molar-refractivity contribution in [1.82, 2.24) is 5.32 Å². The fraction of sp³-hybridized carbons (Fsp3) is 0.257. The zero-order chi connectivity index (χ0) is 33.7. The van der Waals surface area contributed by atoms with E-state index in [1.807, 2.05) is 54.6 Å². The number of aliphatic hydroxyl groups excluding tert-OH is 1. The summed E-state index contributed by atoms with van der Waals surface area (Å²) >= 11 is 11.9. The number of methoxy groups -OCH3 is 2. The monoisotopic (exact) mass is 671 g/mol. The fourth-order valence-electron chi connectivity index (χ4n) is 3.92. The molecule has 0 heterocycles. The van der Waals surface area contributed by atoms with E-state index in [4.69, 9.17) is 47.6 Å². The Morgan fingerprint density at radius 2 is 1.26 bits per heavy atom. The van der Waals surface area contributed by atoms with Crippen LogP contribution in [0.5, 0.6) is 17.2 Å². The van der Waals surface area contributed by atoms with Gasteiger partial charge in [-0.2, -0.15) is 0 Å². The summed E-state index contributed by atoms with van der Waals surface area (Å²) in [7, 11) is 3.23. The Morgan fingerprint density at radius 3 is 1.76 bits per heavy atom. The number of aliphatic hydroxyl groups is 1. The number of carboxylic acids is 2. The predicted octanol–water partition coefficient (Wildman–Crippen LogP) is 6.21. The predicted molar refractivity (Wildman–Crippen MR) is 180 cm³/mol. The molecule has 4 aromatic carbocycles. The third-order valence-electron chi connectivity index (χ3n) is 6.14. The topological polar surface area (TPSA) is 135 Å². The Balaban J connectivity index is 0.000000299. The van der Waals surface area contributed by atoms with Gasteiger partial charge in [-0.05, 0) is 60.0 Å². The average Bonchev–Trinajstić information content (AvgIpc) is 3.03. The number of rotatable bonds is 14. The molecule has 0 amide bonds. The largest absolute Gasteiger partial charge is 0.493 e. The van der Waals surface area contributed by atoms with Gasteiger partial charge in [-0.15, -0.1) is 0 Å². The maximum atomic E-state index is 10.2. The first-order valence-electron chi connectivity index (χ1n) is 14.3. The first-order chi connectivity index (χ1) is 22.1. The highest BCUT2D eigenvalue weighted by Gasteiger charge is 2.09. The van der Waals surface area contributed by atoms with Crippen molar-refractivity contribution >= 4 is 35.1 Å². The summed E-state index contributed by atoms with van der Waals surface area (Å²) in [6, 6.07) is 29.1. The Morgan fingerprint density at radius 1 is 0.717 bits per heavy atom. The van der Waals surface area contributed by atoms with Gasteiger partial charge < -0.3 is 34.8 Å². The zero-order valence-electron chi connectivity index (χ0n) is 25.7. The molecule has 0 aromatic heterocycles. The van der Waals surface area contributed by atoms with Crippen LogP contribution in [0.2, 0.25) is 10.0 Å². The van der Waals surface area contributed by atoms with Gasteiger partial charge in [0, 0.05) is 11.6 Å². The molecule has 9 nitrogen and oxygen atoms in total. The normalized spacial score (nSPS) is 10.7. The van der Waals surface area contributed by atoms with Crippen molar-refractivity contribution < 1.29 is 39.1 Å². The molecule has 0 aliphatic heterocycles. The lowest BCUT2D eigenvalue weighted by atomic mass is 10.1. The molecule has 1 atom stereocenters. The highest BCUT2D eigenvalue weighted by Crippen LogP contribution is 2.28. The van der Waals surface area contributed by atoms with Gasteiger partial charge in [-0.1, -0.05) is 89.9 Å². The number of nitrogens with one attached hydrogen (secondary N) is 1. The molecule has 246 valence electrons. The zero-order valence-corrected chi connectivity index (χ0v) is 27.2. The lowest BCUT2D eigenvalue weighted by molar-refractivity contribution is -0.137. The number of benzene rings is 4. The van der Waals surface area contributed by atoms with E-state index in [1.165, 1.54) is 0 Å². The summed E-state index contributed by atoms with van der Waals surface area (Å²) in [6.07, 6.45) is 0.380. The van der Waals surface area contributed by atoms with E-state index in [0.717, 1.165) is 23.1 Å². The highest BCUT2D eigenvalue weighted by molar-refractivity contribution is 6.35. The van der Waals surface area contributed by atoms with Crippen molar-refractivity contribution in [2.75, 3.05) is 33.9 Å². The minimum absolute atomic E-state index is 0.112. The number of hydrogen-bond donors (Lipinski definition) is 4. The van der Waals surface area contributed by atoms with Crippen molar-refractivity contribution in [2.24, 2.45) is 0 Å². The van der Waals surface area contributed by atoms with E-state index >= 15 is 0 Å². The van der Waals surface area contributed by atoms with E-state index in [0.29, 0.717) is 40.4 Å². The van der Waals surface area contributed by atoms with Crippen LogP contribution < -0.4 is 19.5 Å². The summed E-state index contributed by atoms with van der Waals surface area (Å²) < 4.78 is 16.0. The van der Waals surface area contributed by atoms with E-state index in [-0.39, 0.29) is 19.4 Å². The van der Waals surface area contributed by atoms with E-state index in [9.17, 15) is 14.7 Å².